The van der Waals surface area contributed by atoms with Crippen molar-refractivity contribution in [2.75, 3.05) is 11.3 Å². The Morgan fingerprint density at radius 1 is 1.36 bits per heavy atom. The van der Waals surface area contributed by atoms with Gasteiger partial charge in [0, 0.05) is 30.1 Å². The quantitative estimate of drug-likeness (QED) is 0.652. The van der Waals surface area contributed by atoms with E-state index in [0.717, 1.165) is 12.1 Å². The molecule has 4 N–H and O–H groups in total. The van der Waals surface area contributed by atoms with E-state index in [9.17, 15) is 10.1 Å². The molecule has 0 radical (unpaired) electrons. The molecule has 7 nitrogen and oxygen atoms in total. The van der Waals surface area contributed by atoms with Crippen molar-refractivity contribution in [3.05, 3.63) is 53.9 Å². The zero-order valence-corrected chi connectivity index (χ0v) is 14.8. The first-order valence-corrected chi connectivity index (χ1v) is 8.35. The topological polar surface area (TPSA) is 113 Å². The van der Waals surface area contributed by atoms with Crippen LogP contribution in [0.3, 0.4) is 0 Å². The lowest BCUT2D eigenvalue weighted by molar-refractivity contribution is 0.0880. The normalized spacial score (nSPS) is 10.6. The van der Waals surface area contributed by atoms with Crippen LogP contribution in [0.1, 0.15) is 29.8 Å². The molecule has 0 unspecified atom stereocenters. The average molecular weight is 357 g/mol. The van der Waals surface area contributed by atoms with Crippen LogP contribution in [-0.2, 0) is 0 Å². The number of benzene rings is 1. The number of amides is 1. The van der Waals surface area contributed by atoms with Gasteiger partial charge in [-0.1, -0.05) is 6.07 Å². The smallest absolute Gasteiger partial charge is 0.251 e. The molecular weight excluding hydrogens is 338 g/mol. The fraction of sp³-hybridized carbons (Fsp3) is 0.235. The van der Waals surface area contributed by atoms with Crippen LogP contribution < -0.4 is 19.9 Å². The third-order valence-corrected chi connectivity index (χ3v) is 3.63. The number of carbonyl (C=O) groups is 1. The molecule has 0 bridgehead atoms. The molecule has 0 aliphatic rings. The number of nitrogens with zero attached hydrogens (tertiary/aromatic N) is 2. The third kappa shape index (κ3) is 5.11. The van der Waals surface area contributed by atoms with E-state index in [4.69, 9.17) is 9.88 Å². The van der Waals surface area contributed by atoms with Crippen LogP contribution in [0, 0.1) is 11.3 Å². The second-order valence-corrected chi connectivity index (χ2v) is 6.31. The number of nitrogens with one attached hydrogen (secondary N) is 2. The molecule has 130 valence electrons. The Hall–Kier alpha value is -2.76. The van der Waals surface area contributed by atoms with Gasteiger partial charge in [-0.25, -0.2) is 0 Å². The summed E-state index contributed by atoms with van der Waals surface area (Å²) in [5, 5.41) is 17.7. The second kappa shape index (κ2) is 8.37. The second-order valence-electron chi connectivity index (χ2n) is 5.87. The number of nitriles is 1. The van der Waals surface area contributed by atoms with Gasteiger partial charge in [0.2, 0.25) is 0 Å². The van der Waals surface area contributed by atoms with Gasteiger partial charge in [0.15, 0.2) is 0 Å². The number of aromatic nitrogens is 1. The number of hydrogen-bond donors (Lipinski definition) is 3. The van der Waals surface area contributed by atoms with Crippen molar-refractivity contribution in [3.8, 4) is 11.8 Å². The van der Waals surface area contributed by atoms with E-state index < -0.39 is 5.54 Å². The fourth-order valence-corrected chi connectivity index (χ4v) is 2.39. The van der Waals surface area contributed by atoms with Crippen LogP contribution in [0.25, 0.3) is 0 Å². The van der Waals surface area contributed by atoms with Crippen LogP contribution in [0.4, 0.5) is 5.69 Å². The SMILES string of the molecule is CC(C)(COc1cccc(NSN)c1C#N)NC(=O)c1ccncc1. The summed E-state index contributed by atoms with van der Waals surface area (Å²) in [5.74, 6) is 0.208. The van der Waals surface area contributed by atoms with E-state index in [2.05, 4.69) is 21.1 Å². The van der Waals surface area contributed by atoms with Crippen molar-refractivity contribution in [3.63, 3.8) is 0 Å². The molecule has 0 aliphatic carbocycles. The highest BCUT2D eigenvalue weighted by molar-refractivity contribution is 7.98. The number of hydrogen-bond acceptors (Lipinski definition) is 7. The highest BCUT2D eigenvalue weighted by Gasteiger charge is 2.23. The summed E-state index contributed by atoms with van der Waals surface area (Å²) in [6, 6.07) is 10.6. The van der Waals surface area contributed by atoms with Crippen LogP contribution in [0.15, 0.2) is 42.7 Å². The van der Waals surface area contributed by atoms with Gasteiger partial charge in [-0.05, 0) is 38.1 Å². The summed E-state index contributed by atoms with van der Waals surface area (Å²) in [4.78, 5) is 16.2. The number of anilines is 1. The zero-order valence-electron chi connectivity index (χ0n) is 13.9. The van der Waals surface area contributed by atoms with E-state index in [1.165, 1.54) is 0 Å². The molecule has 1 heterocycles. The lowest BCUT2D eigenvalue weighted by Crippen LogP contribution is -2.47. The standard InChI is InChI=1S/C17H19N5O2S/c1-17(2,21-16(23)12-6-8-20-9-7-12)11-24-15-5-3-4-14(22-25-19)13(15)10-18/h3-9,22H,11,19H2,1-2H3,(H,21,23). The number of ether oxygens (including phenoxy) is 1. The van der Waals surface area contributed by atoms with Gasteiger partial charge in [0.1, 0.15) is 24.0 Å². The first-order valence-electron chi connectivity index (χ1n) is 7.47. The van der Waals surface area contributed by atoms with Crippen molar-refractivity contribution >= 4 is 23.7 Å². The molecule has 0 saturated heterocycles. The molecule has 0 fully saturated rings. The molecule has 1 aromatic carbocycles. The van der Waals surface area contributed by atoms with E-state index in [-0.39, 0.29) is 12.5 Å². The molecule has 0 aliphatic heterocycles. The zero-order chi connectivity index (χ0) is 18.3. The molecular formula is C17H19N5O2S. The van der Waals surface area contributed by atoms with Crippen LogP contribution in [0.2, 0.25) is 0 Å². The summed E-state index contributed by atoms with van der Waals surface area (Å²) < 4.78 is 8.61. The number of rotatable bonds is 7. The Labute approximate surface area is 150 Å². The van der Waals surface area contributed by atoms with Crippen molar-refractivity contribution in [1.29, 1.82) is 5.26 Å². The van der Waals surface area contributed by atoms with Gasteiger partial charge in [-0.15, -0.1) is 0 Å². The molecule has 0 atom stereocenters. The monoisotopic (exact) mass is 357 g/mol. The van der Waals surface area contributed by atoms with Crippen LogP contribution in [-0.4, -0.2) is 23.0 Å². The summed E-state index contributed by atoms with van der Waals surface area (Å²) in [5.41, 5.74) is 0.814. The lowest BCUT2D eigenvalue weighted by atomic mass is 10.1. The molecule has 0 spiro atoms. The summed E-state index contributed by atoms with van der Waals surface area (Å²) in [6.07, 6.45) is 3.12. The maximum Gasteiger partial charge on any atom is 0.251 e. The summed E-state index contributed by atoms with van der Waals surface area (Å²) >= 11 is 0.904. The maximum absolute atomic E-state index is 12.3. The lowest BCUT2D eigenvalue weighted by Gasteiger charge is -2.26. The predicted octanol–water partition coefficient (Wildman–Crippen LogP) is 2.47. The Balaban J connectivity index is 2.06. The Bertz CT molecular complexity index is 774. The first-order chi connectivity index (χ1) is 12.0. The number of carbonyl (C=O) groups excluding carboxylic acids is 1. The first kappa shape index (κ1) is 18.6. The van der Waals surface area contributed by atoms with E-state index >= 15 is 0 Å². The average Bonchev–Trinajstić information content (AvgIpc) is 2.61. The Morgan fingerprint density at radius 2 is 2.08 bits per heavy atom. The Morgan fingerprint density at radius 3 is 2.72 bits per heavy atom. The van der Waals surface area contributed by atoms with Crippen molar-refractivity contribution in [2.45, 2.75) is 19.4 Å². The minimum absolute atomic E-state index is 0.192. The van der Waals surface area contributed by atoms with Crippen molar-refractivity contribution in [1.82, 2.24) is 10.3 Å². The molecule has 25 heavy (non-hydrogen) atoms. The predicted molar refractivity (Wildman–Crippen MR) is 97.8 cm³/mol. The Kier molecular flexibility index (Phi) is 6.22. The molecule has 0 saturated carbocycles. The molecule has 1 aromatic heterocycles. The maximum atomic E-state index is 12.3. The minimum Gasteiger partial charge on any atom is -0.490 e. The molecule has 1 amide bonds. The van der Waals surface area contributed by atoms with E-state index in [1.54, 1.807) is 42.7 Å². The van der Waals surface area contributed by atoms with E-state index in [0.29, 0.717) is 22.6 Å². The molecule has 8 heteroatoms. The van der Waals surface area contributed by atoms with Gasteiger partial charge in [-0.3, -0.25) is 14.9 Å². The van der Waals surface area contributed by atoms with Crippen LogP contribution >= 0.6 is 12.1 Å². The summed E-state index contributed by atoms with van der Waals surface area (Å²) in [6.45, 7) is 3.88. The largest absolute Gasteiger partial charge is 0.490 e. The highest BCUT2D eigenvalue weighted by Crippen LogP contribution is 2.27. The van der Waals surface area contributed by atoms with E-state index in [1.807, 2.05) is 13.8 Å². The van der Waals surface area contributed by atoms with Gasteiger partial charge >= 0.3 is 0 Å². The molecule has 2 rings (SSSR count). The van der Waals surface area contributed by atoms with Gasteiger partial charge in [-0.2, -0.15) is 5.26 Å². The van der Waals surface area contributed by atoms with Crippen LogP contribution in [0.5, 0.6) is 5.75 Å². The summed E-state index contributed by atoms with van der Waals surface area (Å²) in [7, 11) is 0. The number of nitrogens with two attached hydrogens (primary N) is 1. The molecule has 2 aromatic rings. The number of pyridine rings is 1. The van der Waals surface area contributed by atoms with Crippen molar-refractivity contribution < 1.29 is 9.53 Å². The third-order valence-electron chi connectivity index (χ3n) is 3.29. The fourth-order valence-electron chi connectivity index (χ4n) is 2.09. The van der Waals surface area contributed by atoms with Gasteiger partial charge in [0.05, 0.1) is 11.2 Å². The highest BCUT2D eigenvalue weighted by atomic mass is 32.2. The van der Waals surface area contributed by atoms with Gasteiger partial charge in [0.25, 0.3) is 5.91 Å². The van der Waals surface area contributed by atoms with Crippen molar-refractivity contribution in [2.24, 2.45) is 5.14 Å². The minimum atomic E-state index is -0.640. The van der Waals surface area contributed by atoms with Gasteiger partial charge < -0.3 is 14.8 Å².